The van der Waals surface area contributed by atoms with Gasteiger partial charge >= 0.3 is 6.18 Å². The number of nitrogens with zero attached hydrogens (tertiary/aromatic N) is 2. The highest BCUT2D eigenvalue weighted by atomic mass is 19.4. The van der Waals surface area contributed by atoms with Gasteiger partial charge in [0.2, 0.25) is 11.8 Å². The van der Waals surface area contributed by atoms with E-state index in [1.807, 2.05) is 4.90 Å². The van der Waals surface area contributed by atoms with Crippen molar-refractivity contribution in [3.8, 4) is 0 Å². The van der Waals surface area contributed by atoms with Crippen LogP contribution in [0.2, 0.25) is 0 Å². The Labute approximate surface area is 151 Å². The SMILES string of the molecule is O=C1CC[C@H](C(=O)N2CCCCC2)CN1Cc1cccc(C(F)(F)F)c1. The third kappa shape index (κ3) is 4.37. The summed E-state index contributed by atoms with van der Waals surface area (Å²) in [7, 11) is 0. The molecular formula is C19H23F3N2O2. The van der Waals surface area contributed by atoms with Crippen LogP contribution < -0.4 is 0 Å². The molecule has 142 valence electrons. The van der Waals surface area contributed by atoms with E-state index in [1.165, 1.54) is 11.0 Å². The molecular weight excluding hydrogens is 345 g/mol. The molecule has 2 aliphatic heterocycles. The second-order valence-corrected chi connectivity index (χ2v) is 7.09. The summed E-state index contributed by atoms with van der Waals surface area (Å²) in [4.78, 5) is 28.3. The lowest BCUT2D eigenvalue weighted by molar-refractivity contribution is -0.144. The van der Waals surface area contributed by atoms with Crippen molar-refractivity contribution in [2.24, 2.45) is 5.92 Å². The Kier molecular flexibility index (Phi) is 5.53. The number of likely N-dealkylation sites (tertiary alicyclic amines) is 2. The fourth-order valence-electron chi connectivity index (χ4n) is 3.71. The molecule has 2 saturated heterocycles. The number of amides is 2. The molecule has 1 atom stereocenters. The van der Waals surface area contributed by atoms with Crippen molar-refractivity contribution < 1.29 is 22.8 Å². The lowest BCUT2D eigenvalue weighted by atomic mass is 9.94. The Morgan fingerprint density at radius 1 is 1.15 bits per heavy atom. The maximum absolute atomic E-state index is 12.9. The van der Waals surface area contributed by atoms with Crippen molar-refractivity contribution in [2.75, 3.05) is 19.6 Å². The monoisotopic (exact) mass is 368 g/mol. The van der Waals surface area contributed by atoms with Crippen molar-refractivity contribution in [3.05, 3.63) is 35.4 Å². The van der Waals surface area contributed by atoms with Gasteiger partial charge in [-0.3, -0.25) is 9.59 Å². The number of benzene rings is 1. The number of carbonyl (C=O) groups is 2. The first-order valence-electron chi connectivity index (χ1n) is 9.07. The van der Waals surface area contributed by atoms with Crippen molar-refractivity contribution in [2.45, 2.75) is 44.8 Å². The van der Waals surface area contributed by atoms with Gasteiger partial charge in [-0.25, -0.2) is 0 Å². The first kappa shape index (κ1) is 18.7. The summed E-state index contributed by atoms with van der Waals surface area (Å²) >= 11 is 0. The summed E-state index contributed by atoms with van der Waals surface area (Å²) in [6.45, 7) is 1.91. The molecule has 0 N–H and O–H groups in total. The molecule has 0 aromatic heterocycles. The number of alkyl halides is 3. The van der Waals surface area contributed by atoms with Crippen molar-refractivity contribution in [3.63, 3.8) is 0 Å². The largest absolute Gasteiger partial charge is 0.416 e. The smallest absolute Gasteiger partial charge is 0.342 e. The first-order valence-corrected chi connectivity index (χ1v) is 9.07. The Morgan fingerprint density at radius 2 is 1.88 bits per heavy atom. The zero-order valence-electron chi connectivity index (χ0n) is 14.6. The first-order chi connectivity index (χ1) is 12.3. The van der Waals surface area contributed by atoms with Gasteiger partial charge in [-0.1, -0.05) is 12.1 Å². The molecule has 0 spiro atoms. The standard InChI is InChI=1S/C19H23F3N2O2/c20-19(21,22)16-6-4-5-14(11-16)12-24-13-15(7-8-17(24)25)18(26)23-9-2-1-3-10-23/h4-6,11,15H,1-3,7-10,12-13H2/t15-/m0/s1. The summed E-state index contributed by atoms with van der Waals surface area (Å²) in [6, 6.07) is 5.02. The van der Waals surface area contributed by atoms with Gasteiger partial charge in [-0.15, -0.1) is 0 Å². The zero-order chi connectivity index (χ0) is 18.7. The lowest BCUT2D eigenvalue weighted by Gasteiger charge is -2.36. The second kappa shape index (κ2) is 7.68. The minimum Gasteiger partial charge on any atom is -0.342 e. The van der Waals surface area contributed by atoms with Crippen LogP contribution in [0, 0.1) is 5.92 Å². The van der Waals surface area contributed by atoms with Gasteiger partial charge in [0, 0.05) is 32.6 Å². The fourth-order valence-corrected chi connectivity index (χ4v) is 3.71. The van der Waals surface area contributed by atoms with E-state index < -0.39 is 11.7 Å². The highest BCUT2D eigenvalue weighted by molar-refractivity contribution is 5.84. The van der Waals surface area contributed by atoms with Gasteiger partial charge in [0.1, 0.15) is 0 Å². The Morgan fingerprint density at radius 3 is 2.58 bits per heavy atom. The van der Waals surface area contributed by atoms with E-state index in [1.54, 1.807) is 6.07 Å². The number of halogens is 3. The van der Waals surface area contributed by atoms with E-state index >= 15 is 0 Å². The Balaban J connectivity index is 1.67. The van der Waals surface area contributed by atoms with E-state index in [0.717, 1.165) is 44.5 Å². The molecule has 2 heterocycles. The van der Waals surface area contributed by atoms with Crippen LogP contribution in [0.3, 0.4) is 0 Å². The lowest BCUT2D eigenvalue weighted by Crippen LogP contribution is -2.47. The van der Waals surface area contributed by atoms with Crippen LogP contribution in [-0.2, 0) is 22.3 Å². The topological polar surface area (TPSA) is 40.6 Å². The Bertz CT molecular complexity index is 669. The summed E-state index contributed by atoms with van der Waals surface area (Å²) in [6.07, 6.45) is -0.476. The van der Waals surface area contributed by atoms with Gasteiger partial charge in [0.05, 0.1) is 11.5 Å². The maximum Gasteiger partial charge on any atom is 0.416 e. The second-order valence-electron chi connectivity index (χ2n) is 7.09. The molecule has 7 heteroatoms. The summed E-state index contributed by atoms with van der Waals surface area (Å²) in [5, 5.41) is 0. The van der Waals surface area contributed by atoms with E-state index in [0.29, 0.717) is 12.0 Å². The van der Waals surface area contributed by atoms with Crippen LogP contribution >= 0.6 is 0 Å². The Hall–Kier alpha value is -2.05. The minimum atomic E-state index is -4.41. The van der Waals surface area contributed by atoms with Crippen molar-refractivity contribution in [1.82, 2.24) is 9.80 Å². The average Bonchev–Trinajstić information content (AvgIpc) is 2.63. The molecule has 0 radical (unpaired) electrons. The van der Waals surface area contributed by atoms with Gasteiger partial charge in [0.25, 0.3) is 0 Å². The molecule has 4 nitrogen and oxygen atoms in total. The third-order valence-electron chi connectivity index (χ3n) is 5.14. The molecule has 2 aliphatic rings. The van der Waals surface area contributed by atoms with Gasteiger partial charge in [0.15, 0.2) is 0 Å². The average molecular weight is 368 g/mol. The predicted molar refractivity (Wildman–Crippen MR) is 90.0 cm³/mol. The summed E-state index contributed by atoms with van der Waals surface area (Å²) < 4.78 is 38.6. The van der Waals surface area contributed by atoms with E-state index in [-0.39, 0.29) is 37.2 Å². The predicted octanol–water partition coefficient (Wildman–Crippen LogP) is 3.46. The van der Waals surface area contributed by atoms with Gasteiger partial charge in [-0.2, -0.15) is 13.2 Å². The highest BCUT2D eigenvalue weighted by Crippen LogP contribution is 2.30. The van der Waals surface area contributed by atoms with Crippen molar-refractivity contribution in [1.29, 1.82) is 0 Å². The highest BCUT2D eigenvalue weighted by Gasteiger charge is 2.34. The zero-order valence-corrected chi connectivity index (χ0v) is 14.6. The van der Waals surface area contributed by atoms with E-state index in [9.17, 15) is 22.8 Å². The third-order valence-corrected chi connectivity index (χ3v) is 5.14. The van der Waals surface area contributed by atoms with Gasteiger partial charge < -0.3 is 9.80 Å². The molecule has 0 saturated carbocycles. The number of carbonyl (C=O) groups excluding carboxylic acids is 2. The van der Waals surface area contributed by atoms with Crippen molar-refractivity contribution >= 4 is 11.8 Å². The normalized spacial score (nSPS) is 21.8. The number of rotatable bonds is 3. The quantitative estimate of drug-likeness (QED) is 0.820. The molecule has 1 aromatic carbocycles. The molecule has 0 bridgehead atoms. The number of hydrogen-bond donors (Lipinski definition) is 0. The molecule has 0 aliphatic carbocycles. The van der Waals surface area contributed by atoms with Gasteiger partial charge in [-0.05, 0) is 43.4 Å². The van der Waals surface area contributed by atoms with E-state index in [2.05, 4.69) is 0 Å². The number of piperidine rings is 2. The number of hydrogen-bond acceptors (Lipinski definition) is 2. The molecule has 2 amide bonds. The van der Waals surface area contributed by atoms with Crippen LogP contribution in [-0.4, -0.2) is 41.2 Å². The summed E-state index contributed by atoms with van der Waals surface area (Å²) in [5.74, 6) is -0.284. The molecule has 2 fully saturated rings. The molecule has 0 unspecified atom stereocenters. The van der Waals surface area contributed by atoms with Crippen LogP contribution in [0.5, 0.6) is 0 Å². The van der Waals surface area contributed by atoms with Crippen LogP contribution in [0.15, 0.2) is 24.3 Å². The molecule has 26 heavy (non-hydrogen) atoms. The fraction of sp³-hybridized carbons (Fsp3) is 0.579. The van der Waals surface area contributed by atoms with Crippen LogP contribution in [0.1, 0.15) is 43.2 Å². The minimum absolute atomic E-state index is 0.0752. The summed E-state index contributed by atoms with van der Waals surface area (Å²) in [5.41, 5.74) is -0.292. The van der Waals surface area contributed by atoms with Crippen LogP contribution in [0.25, 0.3) is 0 Å². The molecule has 1 aromatic rings. The van der Waals surface area contributed by atoms with E-state index in [4.69, 9.17) is 0 Å². The van der Waals surface area contributed by atoms with Crippen LogP contribution in [0.4, 0.5) is 13.2 Å². The molecule has 3 rings (SSSR count). The maximum atomic E-state index is 12.9.